The van der Waals surface area contributed by atoms with E-state index in [1.807, 2.05) is 53.8 Å². The molecule has 0 amide bonds. The molecule has 1 unspecified atom stereocenters. The first kappa shape index (κ1) is 37.0. The van der Waals surface area contributed by atoms with E-state index in [4.69, 9.17) is 5.73 Å². The lowest BCUT2D eigenvalue weighted by Gasteiger charge is -2.20. The molecule has 3 heteroatoms. The third kappa shape index (κ3) is 12.0. The maximum atomic E-state index is 6.28. The molecule has 0 spiro atoms. The Morgan fingerprint density at radius 3 is 1.80 bits per heavy atom. The molecule has 1 atom stereocenters. The lowest BCUT2D eigenvalue weighted by atomic mass is 9.91. The molecular formula is C37H54N2S. The summed E-state index contributed by atoms with van der Waals surface area (Å²) in [4.78, 5) is 1.00. The average Bonchev–Trinajstić information content (AvgIpc) is 3.01. The van der Waals surface area contributed by atoms with Crippen LogP contribution in [0.4, 0.5) is 0 Å². The van der Waals surface area contributed by atoms with Gasteiger partial charge in [-0.2, -0.15) is 0 Å². The minimum Gasteiger partial charge on any atom is -0.399 e. The van der Waals surface area contributed by atoms with Gasteiger partial charge in [-0.15, -0.1) is 12.6 Å². The molecule has 2 nitrogen and oxygen atoms in total. The summed E-state index contributed by atoms with van der Waals surface area (Å²) in [6.45, 7) is 18.6. The highest BCUT2D eigenvalue weighted by atomic mass is 32.1. The molecule has 0 aliphatic carbocycles. The number of nitrogens with two attached hydrogens (primary N) is 1. The molecule has 3 aromatic rings. The zero-order chi connectivity index (χ0) is 30.5. The lowest BCUT2D eigenvalue weighted by Crippen LogP contribution is -2.26. The van der Waals surface area contributed by atoms with Gasteiger partial charge in [-0.1, -0.05) is 120 Å². The van der Waals surface area contributed by atoms with E-state index in [2.05, 4.69) is 125 Å². The number of hydrogen-bond donors (Lipinski definition) is 3. The molecule has 3 aromatic carbocycles. The van der Waals surface area contributed by atoms with Gasteiger partial charge in [-0.3, -0.25) is 0 Å². The van der Waals surface area contributed by atoms with Crippen LogP contribution >= 0.6 is 12.6 Å². The summed E-state index contributed by atoms with van der Waals surface area (Å²) in [5.74, 6) is 0. The lowest BCUT2D eigenvalue weighted by molar-refractivity contribution is 0.795. The summed E-state index contributed by atoms with van der Waals surface area (Å²) in [6, 6.07) is 25.4. The zero-order valence-corrected chi connectivity index (χ0v) is 27.6. The molecule has 0 radical (unpaired) electrons. The molecule has 0 aliphatic heterocycles. The molecule has 0 aromatic heterocycles. The number of likely N-dealkylation sites (N-methyl/N-ethyl adjacent to an activating group) is 1. The maximum absolute atomic E-state index is 6.28. The van der Waals surface area contributed by atoms with Gasteiger partial charge < -0.3 is 11.1 Å². The molecule has 218 valence electrons. The van der Waals surface area contributed by atoms with Crippen LogP contribution < -0.4 is 11.1 Å². The molecule has 0 heterocycles. The molecule has 0 aliphatic rings. The second kappa shape index (κ2) is 21.8. The smallest absolute Gasteiger partial charge is 0.0529 e. The largest absolute Gasteiger partial charge is 0.399 e. The fourth-order valence-corrected chi connectivity index (χ4v) is 4.35. The molecule has 0 bridgehead atoms. The van der Waals surface area contributed by atoms with Gasteiger partial charge in [-0.05, 0) is 92.3 Å². The van der Waals surface area contributed by atoms with E-state index in [9.17, 15) is 0 Å². The van der Waals surface area contributed by atoms with Crippen molar-refractivity contribution in [2.24, 2.45) is 5.73 Å². The Morgan fingerprint density at radius 1 is 0.825 bits per heavy atom. The van der Waals surface area contributed by atoms with Crippen molar-refractivity contribution in [1.82, 2.24) is 5.32 Å². The van der Waals surface area contributed by atoms with Crippen LogP contribution in [0.2, 0.25) is 0 Å². The first-order valence-electron chi connectivity index (χ1n) is 14.8. The maximum Gasteiger partial charge on any atom is 0.0529 e. The average molecular weight is 559 g/mol. The van der Waals surface area contributed by atoms with E-state index in [-0.39, 0.29) is 6.04 Å². The third-order valence-electron chi connectivity index (χ3n) is 6.36. The van der Waals surface area contributed by atoms with Gasteiger partial charge in [0.2, 0.25) is 0 Å². The third-order valence-corrected chi connectivity index (χ3v) is 6.66. The summed E-state index contributed by atoms with van der Waals surface area (Å²) in [6.07, 6.45) is 8.37. The van der Waals surface area contributed by atoms with E-state index in [0.29, 0.717) is 0 Å². The van der Waals surface area contributed by atoms with E-state index in [1.54, 1.807) is 0 Å². The minimum atomic E-state index is 0.110. The van der Waals surface area contributed by atoms with Crippen molar-refractivity contribution in [2.45, 2.75) is 86.1 Å². The van der Waals surface area contributed by atoms with Crippen LogP contribution in [0.25, 0.3) is 16.7 Å². The van der Waals surface area contributed by atoms with Gasteiger partial charge in [0.15, 0.2) is 0 Å². The van der Waals surface area contributed by atoms with Crippen LogP contribution in [0.5, 0.6) is 0 Å². The van der Waals surface area contributed by atoms with E-state index >= 15 is 0 Å². The summed E-state index contributed by atoms with van der Waals surface area (Å²) >= 11 is 4.26. The Morgan fingerprint density at radius 2 is 1.35 bits per heavy atom. The molecule has 0 saturated heterocycles. The second-order valence-corrected chi connectivity index (χ2v) is 9.24. The summed E-state index contributed by atoms with van der Waals surface area (Å²) in [5, 5.41) is 3.38. The Balaban J connectivity index is 0.000000722. The van der Waals surface area contributed by atoms with Gasteiger partial charge >= 0.3 is 0 Å². The van der Waals surface area contributed by atoms with Crippen molar-refractivity contribution in [2.75, 3.05) is 7.05 Å². The topological polar surface area (TPSA) is 38.0 Å². The highest BCUT2D eigenvalue weighted by molar-refractivity contribution is 7.80. The molecular weight excluding hydrogens is 504 g/mol. The summed E-state index contributed by atoms with van der Waals surface area (Å²) in [5.41, 5.74) is 16.1. The summed E-state index contributed by atoms with van der Waals surface area (Å²) in [7, 11) is 1.98. The number of rotatable bonds is 8. The quantitative estimate of drug-likeness (QED) is 0.190. The van der Waals surface area contributed by atoms with Gasteiger partial charge in [0.25, 0.3) is 0 Å². The van der Waals surface area contributed by atoms with Crippen LogP contribution in [0.15, 0.2) is 107 Å². The van der Waals surface area contributed by atoms with Crippen molar-refractivity contribution in [3.63, 3.8) is 0 Å². The zero-order valence-electron chi connectivity index (χ0n) is 26.7. The van der Waals surface area contributed by atoms with Crippen molar-refractivity contribution >= 4 is 18.2 Å². The van der Waals surface area contributed by atoms with Gasteiger partial charge in [0.05, 0.1) is 6.04 Å². The molecule has 0 fully saturated rings. The van der Waals surface area contributed by atoms with Crippen LogP contribution in [-0.4, -0.2) is 13.1 Å². The first-order chi connectivity index (χ1) is 19.4. The van der Waals surface area contributed by atoms with Crippen molar-refractivity contribution < 1.29 is 0 Å². The number of aryl methyl sites for hydroxylation is 2. The minimum absolute atomic E-state index is 0.110. The van der Waals surface area contributed by atoms with E-state index < -0.39 is 0 Å². The Bertz CT molecular complexity index is 1130. The fraction of sp³-hybridized carbons (Fsp3) is 0.351. The fourth-order valence-electron chi connectivity index (χ4n) is 4.20. The number of thiol groups is 1. The first-order valence-corrected chi connectivity index (χ1v) is 15.2. The number of hydrogen-bond acceptors (Lipinski definition) is 3. The van der Waals surface area contributed by atoms with Crippen molar-refractivity contribution in [1.29, 1.82) is 0 Å². The molecule has 0 saturated carbocycles. The number of nitrogens with one attached hydrogen (secondary N) is 1. The summed E-state index contributed by atoms with van der Waals surface area (Å²) < 4.78 is 0. The number of allylic oxidation sites excluding steroid dienone is 3. The Labute approximate surface area is 251 Å². The van der Waals surface area contributed by atoms with Crippen LogP contribution in [-0.2, 0) is 6.42 Å². The monoisotopic (exact) mass is 558 g/mol. The van der Waals surface area contributed by atoms with Crippen molar-refractivity contribution in [3.8, 4) is 11.1 Å². The SMILES string of the molecule is C/C=C(CC)/C(N)=C/C(NC)/C(=C/C)c1ccccc1CC.CC.CC.Cc1ccc(-c2ccc(S)cc2)cc1. The molecule has 40 heavy (non-hydrogen) atoms. The highest BCUT2D eigenvalue weighted by Gasteiger charge is 2.14. The van der Waals surface area contributed by atoms with E-state index in [0.717, 1.165) is 23.4 Å². The predicted molar refractivity (Wildman–Crippen MR) is 185 cm³/mol. The van der Waals surface area contributed by atoms with Gasteiger partial charge in [-0.25, -0.2) is 0 Å². The van der Waals surface area contributed by atoms with Crippen molar-refractivity contribution in [3.05, 3.63) is 119 Å². The molecule has 3 rings (SSSR count). The Hall–Kier alpha value is -3.01. The number of benzene rings is 3. The normalized spacial score (nSPS) is 12.1. The Kier molecular flexibility index (Phi) is 20.1. The second-order valence-electron chi connectivity index (χ2n) is 8.72. The predicted octanol–water partition coefficient (Wildman–Crippen LogP) is 10.4. The van der Waals surface area contributed by atoms with Crippen LogP contribution in [0.1, 0.15) is 78.5 Å². The van der Waals surface area contributed by atoms with Gasteiger partial charge in [0.1, 0.15) is 0 Å². The standard InChI is InChI=1S/C20H30N2.C13H12S.2C2H6/c1-6-15(7-2)19(21)14-20(22-5)17(9-4)18-13-11-10-12-16(18)8-3;1-10-2-4-11(5-3-10)12-6-8-13(14)9-7-12;2*1-2/h6,9-14,20,22H,7-8,21H2,1-5H3;2-9,14H,1H3;2*1-2H3/b15-6+,17-9+,19-14-;;;. The van der Waals surface area contributed by atoms with Crippen LogP contribution in [0.3, 0.4) is 0 Å². The molecule has 3 N–H and O–H groups in total. The highest BCUT2D eigenvalue weighted by Crippen LogP contribution is 2.25. The van der Waals surface area contributed by atoms with E-state index in [1.165, 1.54) is 39.0 Å². The van der Waals surface area contributed by atoms with Gasteiger partial charge in [0, 0.05) is 10.6 Å². The van der Waals surface area contributed by atoms with Crippen LogP contribution in [0, 0.1) is 6.92 Å².